The van der Waals surface area contributed by atoms with E-state index in [2.05, 4.69) is 15.2 Å². The van der Waals surface area contributed by atoms with Crippen LogP contribution in [0.5, 0.6) is 0 Å². The molecule has 144 valence electrons. The number of likely N-dealkylation sites (tertiary alicyclic amines) is 1. The molecule has 2 saturated carbocycles. The molecule has 7 heteroatoms. The first-order valence-electron chi connectivity index (χ1n) is 9.82. The number of nitrogens with one attached hydrogen (secondary N) is 1. The van der Waals surface area contributed by atoms with Crippen LogP contribution in [0.25, 0.3) is 0 Å². The summed E-state index contributed by atoms with van der Waals surface area (Å²) in [7, 11) is 0. The fourth-order valence-corrected chi connectivity index (χ4v) is 4.43. The first-order valence-corrected chi connectivity index (χ1v) is 9.82. The topological polar surface area (TPSA) is 53.6 Å². The summed E-state index contributed by atoms with van der Waals surface area (Å²) in [5.74, 6) is -0.564. The van der Waals surface area contributed by atoms with Gasteiger partial charge in [-0.25, -0.2) is 0 Å². The molecule has 3 fully saturated rings. The average Bonchev–Trinajstić information content (AvgIpc) is 2.78. The van der Waals surface area contributed by atoms with Crippen LogP contribution in [0.4, 0.5) is 13.2 Å². The Hall–Kier alpha value is -0.980. The van der Waals surface area contributed by atoms with Crippen molar-refractivity contribution >= 4 is 5.96 Å². The zero-order valence-electron chi connectivity index (χ0n) is 14.9. The highest BCUT2D eigenvalue weighted by atomic mass is 19.4. The summed E-state index contributed by atoms with van der Waals surface area (Å²) in [5.41, 5.74) is 6.06. The Morgan fingerprint density at radius 1 is 0.960 bits per heavy atom. The molecular weight excluding hydrogens is 329 g/mol. The molecule has 1 heterocycles. The summed E-state index contributed by atoms with van der Waals surface area (Å²) < 4.78 is 38.2. The Labute approximate surface area is 148 Å². The molecule has 0 atom stereocenters. The molecule has 0 amide bonds. The molecule has 0 radical (unpaired) electrons. The van der Waals surface area contributed by atoms with E-state index in [1.54, 1.807) is 0 Å². The van der Waals surface area contributed by atoms with Crippen LogP contribution in [0.2, 0.25) is 0 Å². The third-order valence-electron chi connectivity index (χ3n) is 6.12. The summed E-state index contributed by atoms with van der Waals surface area (Å²) in [5, 5.41) is 3.31. The fourth-order valence-electron chi connectivity index (χ4n) is 4.43. The van der Waals surface area contributed by atoms with E-state index in [0.717, 1.165) is 25.7 Å². The maximum absolute atomic E-state index is 12.7. The number of alkyl halides is 3. The van der Waals surface area contributed by atoms with Crippen LogP contribution in [0.15, 0.2) is 4.99 Å². The average molecular weight is 360 g/mol. The van der Waals surface area contributed by atoms with Gasteiger partial charge in [-0.05, 0) is 51.6 Å². The lowest BCUT2D eigenvalue weighted by Gasteiger charge is -2.46. The first kappa shape index (κ1) is 18.8. The molecule has 3 rings (SSSR count). The summed E-state index contributed by atoms with van der Waals surface area (Å²) in [6.45, 7) is 1.13. The van der Waals surface area contributed by atoms with E-state index in [1.165, 1.54) is 25.7 Å². The Morgan fingerprint density at radius 2 is 1.56 bits per heavy atom. The molecule has 1 saturated heterocycles. The van der Waals surface area contributed by atoms with Crippen molar-refractivity contribution in [3.63, 3.8) is 0 Å². The molecule has 25 heavy (non-hydrogen) atoms. The number of halogens is 3. The molecule has 0 aromatic rings. The highest BCUT2D eigenvalue weighted by Crippen LogP contribution is 2.36. The summed E-state index contributed by atoms with van der Waals surface area (Å²) in [6, 6.07) is 1.07. The second kappa shape index (κ2) is 8.14. The van der Waals surface area contributed by atoms with E-state index in [0.29, 0.717) is 37.2 Å². The van der Waals surface area contributed by atoms with Crippen molar-refractivity contribution in [3.8, 4) is 0 Å². The van der Waals surface area contributed by atoms with E-state index in [4.69, 9.17) is 5.73 Å². The van der Waals surface area contributed by atoms with Crippen LogP contribution in [-0.4, -0.2) is 48.3 Å². The molecule has 0 spiro atoms. The van der Waals surface area contributed by atoms with Gasteiger partial charge in [0.15, 0.2) is 5.96 Å². The van der Waals surface area contributed by atoms with E-state index in [1.807, 2.05) is 0 Å². The van der Waals surface area contributed by atoms with Crippen molar-refractivity contribution in [2.75, 3.05) is 13.1 Å². The van der Waals surface area contributed by atoms with Gasteiger partial charge in [0.05, 0.1) is 12.0 Å². The summed E-state index contributed by atoms with van der Waals surface area (Å²) >= 11 is 0. The molecule has 3 N–H and O–H groups in total. The Kier molecular flexibility index (Phi) is 6.12. The first-order chi connectivity index (χ1) is 11.9. The number of nitrogens with zero attached hydrogens (tertiary/aromatic N) is 2. The molecule has 0 aromatic heterocycles. The standard InChI is InChI=1S/C18H31F3N4/c19-18(20,21)13-7-9-25(10-8-13)16-11-15(12-16)24-17(22)23-14-5-3-1-2-4-6-14/h13-16H,1-12H2,(H3,22,23,24). The van der Waals surface area contributed by atoms with Crippen LogP contribution in [0, 0.1) is 5.92 Å². The molecule has 0 aromatic carbocycles. The van der Waals surface area contributed by atoms with Crippen molar-refractivity contribution < 1.29 is 13.2 Å². The normalized spacial score (nSPS) is 31.4. The van der Waals surface area contributed by atoms with E-state index >= 15 is 0 Å². The summed E-state index contributed by atoms with van der Waals surface area (Å²) in [6.07, 6.45) is 5.69. The zero-order valence-corrected chi connectivity index (χ0v) is 14.9. The highest BCUT2D eigenvalue weighted by molar-refractivity contribution is 5.78. The minimum Gasteiger partial charge on any atom is -0.370 e. The number of piperidine rings is 1. The second-order valence-corrected chi connectivity index (χ2v) is 7.98. The van der Waals surface area contributed by atoms with Gasteiger partial charge in [-0.1, -0.05) is 25.7 Å². The van der Waals surface area contributed by atoms with Crippen LogP contribution >= 0.6 is 0 Å². The molecule has 1 aliphatic heterocycles. The molecular formula is C18H31F3N4. The number of rotatable bonds is 3. The van der Waals surface area contributed by atoms with Gasteiger partial charge in [0, 0.05) is 12.1 Å². The van der Waals surface area contributed by atoms with Gasteiger partial charge in [-0.2, -0.15) is 13.2 Å². The number of nitrogens with two attached hydrogens (primary N) is 1. The SMILES string of the molecule is NC(=NC1CCCCCC1)NC1CC(N2CCC(C(F)(F)F)CC2)C1. The minimum atomic E-state index is -4.03. The third kappa shape index (κ3) is 5.25. The third-order valence-corrected chi connectivity index (χ3v) is 6.12. The van der Waals surface area contributed by atoms with Gasteiger partial charge >= 0.3 is 6.18 Å². The number of aliphatic imine (C=N–C) groups is 1. The van der Waals surface area contributed by atoms with E-state index < -0.39 is 12.1 Å². The van der Waals surface area contributed by atoms with Crippen molar-refractivity contribution in [1.82, 2.24) is 10.2 Å². The monoisotopic (exact) mass is 360 g/mol. The maximum Gasteiger partial charge on any atom is 0.391 e. The van der Waals surface area contributed by atoms with Gasteiger partial charge in [-0.15, -0.1) is 0 Å². The molecule has 0 bridgehead atoms. The van der Waals surface area contributed by atoms with Crippen molar-refractivity contribution in [3.05, 3.63) is 0 Å². The number of hydrogen-bond donors (Lipinski definition) is 2. The predicted molar refractivity (Wildman–Crippen MR) is 93.4 cm³/mol. The Morgan fingerprint density at radius 3 is 2.12 bits per heavy atom. The lowest BCUT2D eigenvalue weighted by Crippen LogP contribution is -2.57. The van der Waals surface area contributed by atoms with Crippen molar-refractivity contribution in [2.24, 2.45) is 16.6 Å². The Bertz CT molecular complexity index is 444. The second-order valence-electron chi connectivity index (χ2n) is 7.98. The largest absolute Gasteiger partial charge is 0.391 e. The lowest BCUT2D eigenvalue weighted by atomic mass is 9.83. The van der Waals surface area contributed by atoms with Crippen LogP contribution in [0.1, 0.15) is 64.2 Å². The highest BCUT2D eigenvalue weighted by Gasteiger charge is 2.43. The Balaban J connectivity index is 1.37. The smallest absolute Gasteiger partial charge is 0.370 e. The maximum atomic E-state index is 12.7. The molecule has 3 aliphatic rings. The van der Waals surface area contributed by atoms with Crippen LogP contribution < -0.4 is 11.1 Å². The number of hydrogen-bond acceptors (Lipinski definition) is 2. The quantitative estimate of drug-likeness (QED) is 0.461. The van der Waals surface area contributed by atoms with Gasteiger partial charge in [0.1, 0.15) is 0 Å². The molecule has 2 aliphatic carbocycles. The molecule has 4 nitrogen and oxygen atoms in total. The minimum absolute atomic E-state index is 0.239. The van der Waals surface area contributed by atoms with E-state index in [9.17, 15) is 13.2 Å². The van der Waals surface area contributed by atoms with Gasteiger partial charge in [0.25, 0.3) is 0 Å². The number of guanidine groups is 1. The zero-order chi connectivity index (χ0) is 17.9. The van der Waals surface area contributed by atoms with Crippen LogP contribution in [0.3, 0.4) is 0 Å². The van der Waals surface area contributed by atoms with Gasteiger partial charge in [-0.3, -0.25) is 4.99 Å². The van der Waals surface area contributed by atoms with Gasteiger partial charge in [0.2, 0.25) is 0 Å². The van der Waals surface area contributed by atoms with E-state index in [-0.39, 0.29) is 12.8 Å². The predicted octanol–water partition coefficient (Wildman–Crippen LogP) is 3.42. The van der Waals surface area contributed by atoms with Gasteiger partial charge < -0.3 is 16.0 Å². The molecule has 0 unspecified atom stereocenters. The van der Waals surface area contributed by atoms with Crippen LogP contribution in [-0.2, 0) is 0 Å². The fraction of sp³-hybridized carbons (Fsp3) is 0.944. The lowest BCUT2D eigenvalue weighted by molar-refractivity contribution is -0.187. The van der Waals surface area contributed by atoms with Crippen molar-refractivity contribution in [1.29, 1.82) is 0 Å². The summed E-state index contributed by atoms with van der Waals surface area (Å²) in [4.78, 5) is 6.86. The van der Waals surface area contributed by atoms with Crippen molar-refractivity contribution in [2.45, 2.75) is 88.5 Å².